The molecule has 3 N–H and O–H groups in total. The lowest BCUT2D eigenvalue weighted by Crippen LogP contribution is -2.54. The Balaban J connectivity index is 1.42. The summed E-state index contributed by atoms with van der Waals surface area (Å²) in [5.74, 6) is -2.14. The molecule has 3 aliphatic rings. The van der Waals surface area contributed by atoms with Crippen molar-refractivity contribution >= 4 is 29.6 Å². The van der Waals surface area contributed by atoms with E-state index in [1.807, 2.05) is 0 Å². The van der Waals surface area contributed by atoms with Gasteiger partial charge < -0.3 is 24.6 Å². The van der Waals surface area contributed by atoms with E-state index in [4.69, 9.17) is 25.8 Å². The van der Waals surface area contributed by atoms with Crippen LogP contribution in [0, 0.1) is 0 Å². The fourth-order valence-corrected chi connectivity index (χ4v) is 5.90. The van der Waals surface area contributed by atoms with Gasteiger partial charge in [-0.3, -0.25) is 19.1 Å². The van der Waals surface area contributed by atoms with Gasteiger partial charge in [-0.15, -0.1) is 11.8 Å². The number of nitrogens with zero attached hydrogens (tertiary/aromatic N) is 1. The summed E-state index contributed by atoms with van der Waals surface area (Å²) >= 11 is 7.20. The Hall–Kier alpha value is -2.80. The van der Waals surface area contributed by atoms with Crippen LogP contribution in [0.25, 0.3) is 0 Å². The first-order valence-corrected chi connectivity index (χ1v) is 13.1. The zero-order valence-corrected chi connectivity index (χ0v) is 21.1. The van der Waals surface area contributed by atoms with E-state index in [0.29, 0.717) is 29.2 Å². The molecule has 37 heavy (non-hydrogen) atoms. The minimum Gasteiger partial charge on any atom is -0.457 e. The van der Waals surface area contributed by atoms with Crippen molar-refractivity contribution in [3.05, 3.63) is 74.0 Å². The number of allylic oxidation sites excluding steroid dienone is 1. The zero-order valence-electron chi connectivity index (χ0n) is 19.5. The van der Waals surface area contributed by atoms with Crippen molar-refractivity contribution in [2.24, 2.45) is 0 Å². The summed E-state index contributed by atoms with van der Waals surface area (Å²) in [6.07, 6.45) is 1.93. The Kier molecular flexibility index (Phi) is 7.10. The third kappa shape index (κ3) is 4.90. The highest BCUT2D eigenvalue weighted by Crippen LogP contribution is 2.59. The topological polar surface area (TPSA) is 132 Å². The lowest BCUT2D eigenvalue weighted by atomic mass is 9.93. The standard InChI is InChI=1S/C24H25ClFN3O7S/c25-14-4-6-16(7-5-14)35-19(17(12-30)27-15-2-1-3-15)34-13-24(26)20(32)23(9-11-37-23)21(36-24)29-10-8-18(31)28-22(29)33/h4-8,10,12,15,20-21,27,32H,1-3,9,11,13H2,(H,28,31,33)/b19-17+/t20-,21+,23+,24+/m0/s1. The number of aromatic nitrogens is 2. The fraction of sp³-hybridized carbons (Fsp3) is 0.458. The van der Waals surface area contributed by atoms with Crippen LogP contribution in [0.4, 0.5) is 4.39 Å². The van der Waals surface area contributed by atoms with Crippen molar-refractivity contribution in [1.29, 1.82) is 0 Å². The maximum absolute atomic E-state index is 16.2. The number of aromatic amines is 1. The molecule has 1 saturated carbocycles. The molecule has 3 fully saturated rings. The van der Waals surface area contributed by atoms with Crippen LogP contribution in [0.15, 0.2) is 57.8 Å². The van der Waals surface area contributed by atoms with Gasteiger partial charge in [-0.1, -0.05) is 11.6 Å². The number of hydrogen-bond donors (Lipinski definition) is 3. The van der Waals surface area contributed by atoms with E-state index in [2.05, 4.69) is 10.3 Å². The number of H-pyrrole nitrogens is 1. The Morgan fingerprint density at radius 2 is 2.05 bits per heavy atom. The Morgan fingerprint density at radius 3 is 2.62 bits per heavy atom. The number of aliphatic hydroxyl groups is 1. The van der Waals surface area contributed by atoms with Gasteiger partial charge >= 0.3 is 11.6 Å². The molecule has 2 saturated heterocycles. The number of benzene rings is 1. The number of alkyl halides is 1. The molecule has 13 heteroatoms. The number of aldehydes is 1. The Bertz CT molecular complexity index is 1310. The van der Waals surface area contributed by atoms with Crippen LogP contribution < -0.4 is 21.3 Å². The van der Waals surface area contributed by atoms with Crippen molar-refractivity contribution in [2.45, 2.75) is 54.7 Å². The Labute approximate surface area is 219 Å². The van der Waals surface area contributed by atoms with Gasteiger partial charge in [0.15, 0.2) is 24.8 Å². The first-order valence-electron chi connectivity index (χ1n) is 11.8. The number of nitrogens with one attached hydrogen (secondary N) is 2. The summed E-state index contributed by atoms with van der Waals surface area (Å²) in [5.41, 5.74) is -1.42. The molecule has 1 aromatic heterocycles. The second-order valence-electron chi connectivity index (χ2n) is 9.17. The lowest BCUT2D eigenvalue weighted by Gasteiger charge is -2.43. The molecule has 10 nitrogen and oxygen atoms in total. The zero-order chi connectivity index (χ0) is 26.2. The van der Waals surface area contributed by atoms with E-state index >= 15 is 4.39 Å². The molecule has 0 bridgehead atoms. The number of carbonyl (C=O) groups excluding carboxylic acids is 1. The molecule has 0 unspecified atom stereocenters. The number of rotatable bonds is 9. The van der Waals surface area contributed by atoms with E-state index in [1.54, 1.807) is 24.3 Å². The molecule has 2 aliphatic heterocycles. The highest BCUT2D eigenvalue weighted by molar-refractivity contribution is 8.02. The van der Waals surface area contributed by atoms with Crippen LogP contribution in [0.3, 0.4) is 0 Å². The molecule has 0 amide bonds. The summed E-state index contributed by atoms with van der Waals surface area (Å²) < 4.78 is 33.2. The Morgan fingerprint density at radius 1 is 1.32 bits per heavy atom. The predicted octanol–water partition coefficient (Wildman–Crippen LogP) is 2.23. The SMILES string of the molecule is O=C/C(NC1CCC1)=C(/OC[C@@]1(F)O[C@@H](n2ccc(=O)[nH]c2=O)[C@@]2(CCS2)[C@@H]1O)Oc1ccc(Cl)cc1. The number of carbonyl (C=O) groups is 1. The average molecular weight is 554 g/mol. The third-order valence-corrected chi connectivity index (χ3v) is 8.62. The minimum absolute atomic E-state index is 0.0168. The number of thioether (sulfide) groups is 1. The number of hydrogen-bond acceptors (Lipinski definition) is 9. The second-order valence-corrected chi connectivity index (χ2v) is 11.1. The molecule has 2 aromatic rings. The van der Waals surface area contributed by atoms with Gasteiger partial charge in [0.05, 0.1) is 4.75 Å². The van der Waals surface area contributed by atoms with Crippen LogP contribution in [-0.2, 0) is 14.3 Å². The van der Waals surface area contributed by atoms with Crippen LogP contribution in [-0.4, -0.2) is 56.1 Å². The first-order chi connectivity index (χ1) is 17.7. The van der Waals surface area contributed by atoms with E-state index in [0.717, 1.165) is 29.9 Å². The van der Waals surface area contributed by atoms with Gasteiger partial charge in [0.1, 0.15) is 11.9 Å². The highest BCUT2D eigenvalue weighted by atomic mass is 35.5. The summed E-state index contributed by atoms with van der Waals surface area (Å²) in [7, 11) is 0. The molecule has 4 atom stereocenters. The van der Waals surface area contributed by atoms with Gasteiger partial charge in [0, 0.05) is 23.3 Å². The highest BCUT2D eigenvalue weighted by Gasteiger charge is 2.68. The molecular weight excluding hydrogens is 529 g/mol. The lowest BCUT2D eigenvalue weighted by molar-refractivity contribution is -0.214. The van der Waals surface area contributed by atoms with Crippen LogP contribution in [0.1, 0.15) is 31.9 Å². The van der Waals surface area contributed by atoms with Crippen molar-refractivity contribution < 1.29 is 28.5 Å². The van der Waals surface area contributed by atoms with Gasteiger partial charge in [-0.05, 0) is 55.7 Å². The third-order valence-electron chi connectivity index (χ3n) is 6.79. The second kappa shape index (κ2) is 10.2. The molecule has 1 aromatic carbocycles. The van der Waals surface area contributed by atoms with Crippen LogP contribution in [0.2, 0.25) is 5.02 Å². The van der Waals surface area contributed by atoms with E-state index in [9.17, 15) is 19.5 Å². The van der Waals surface area contributed by atoms with Crippen molar-refractivity contribution in [1.82, 2.24) is 14.9 Å². The normalized spacial score (nSPS) is 29.7. The van der Waals surface area contributed by atoms with E-state index in [1.165, 1.54) is 18.0 Å². The molecule has 1 aliphatic carbocycles. The van der Waals surface area contributed by atoms with E-state index < -0.39 is 40.8 Å². The quantitative estimate of drug-likeness (QED) is 0.243. The molecule has 198 valence electrons. The summed E-state index contributed by atoms with van der Waals surface area (Å²) in [6.45, 7) is -0.836. The van der Waals surface area contributed by atoms with Crippen molar-refractivity contribution in [3.63, 3.8) is 0 Å². The maximum Gasteiger partial charge on any atom is 0.330 e. The van der Waals surface area contributed by atoms with Crippen molar-refractivity contribution in [2.75, 3.05) is 12.4 Å². The molecule has 3 heterocycles. The number of ether oxygens (including phenoxy) is 3. The summed E-state index contributed by atoms with van der Waals surface area (Å²) in [5, 5.41) is 14.6. The monoisotopic (exact) mass is 553 g/mol. The molecule has 5 rings (SSSR count). The van der Waals surface area contributed by atoms with E-state index in [-0.39, 0.29) is 17.7 Å². The molecule has 1 spiro atoms. The summed E-state index contributed by atoms with van der Waals surface area (Å²) in [6, 6.07) is 7.45. The smallest absolute Gasteiger partial charge is 0.330 e. The largest absolute Gasteiger partial charge is 0.457 e. The predicted molar refractivity (Wildman–Crippen MR) is 133 cm³/mol. The average Bonchev–Trinajstić information content (AvgIpc) is 3.05. The van der Waals surface area contributed by atoms with Crippen LogP contribution in [0.5, 0.6) is 5.75 Å². The van der Waals surface area contributed by atoms with Gasteiger partial charge in [0.2, 0.25) is 0 Å². The number of halogens is 2. The van der Waals surface area contributed by atoms with Gasteiger partial charge in [-0.2, -0.15) is 0 Å². The molecule has 0 radical (unpaired) electrons. The minimum atomic E-state index is -2.76. The van der Waals surface area contributed by atoms with Crippen molar-refractivity contribution in [3.8, 4) is 5.75 Å². The van der Waals surface area contributed by atoms with Crippen LogP contribution >= 0.6 is 23.4 Å². The summed E-state index contributed by atoms with van der Waals surface area (Å²) in [4.78, 5) is 38.0. The fourth-order valence-electron chi connectivity index (χ4n) is 4.46. The molecular formula is C24H25ClFN3O7S. The van der Waals surface area contributed by atoms with Gasteiger partial charge in [0.25, 0.3) is 11.4 Å². The maximum atomic E-state index is 16.2. The first kappa shape index (κ1) is 25.8. The number of aliphatic hydroxyl groups excluding tert-OH is 1. The van der Waals surface area contributed by atoms with Gasteiger partial charge in [-0.25, -0.2) is 9.18 Å².